The number of aryl methyl sites for hydroxylation is 1. The molecule has 1 fully saturated rings. The number of hydrogen-bond donors (Lipinski definition) is 1. The predicted octanol–water partition coefficient (Wildman–Crippen LogP) is 1.17. The van der Waals surface area contributed by atoms with Crippen molar-refractivity contribution < 1.29 is 4.42 Å². The molecule has 1 aliphatic rings. The Labute approximate surface area is 119 Å². The summed E-state index contributed by atoms with van der Waals surface area (Å²) in [5, 5.41) is 0.289. The van der Waals surface area contributed by atoms with Crippen molar-refractivity contribution in [2.45, 2.75) is 32.2 Å². The first-order chi connectivity index (χ1) is 10.1. The number of aromatic amines is 1. The lowest BCUT2D eigenvalue weighted by Gasteiger charge is -2.07. The van der Waals surface area contributed by atoms with Crippen LogP contribution in [0.4, 0.5) is 0 Å². The Hall–Kier alpha value is -2.37. The molecule has 2 aromatic rings. The molecule has 110 valence electrons. The standard InChI is InChI=1S/C15H16N2O4/c1-2-3-4-10-7-11(18)21-13-12(10)14(19)17(15(20)16-13)8-9-5-6-9/h2,7,9H,1,3-6,8H2,(H,16,20). The lowest BCUT2D eigenvalue weighted by atomic mass is 10.1. The van der Waals surface area contributed by atoms with Crippen LogP contribution in [-0.2, 0) is 13.0 Å². The molecule has 0 aromatic carbocycles. The van der Waals surface area contributed by atoms with E-state index in [2.05, 4.69) is 11.6 Å². The third-order valence-electron chi connectivity index (χ3n) is 3.72. The minimum Gasteiger partial charge on any atom is -0.405 e. The van der Waals surface area contributed by atoms with Gasteiger partial charge in [0.1, 0.15) is 5.39 Å². The lowest BCUT2D eigenvalue weighted by Crippen LogP contribution is -2.36. The van der Waals surface area contributed by atoms with Crippen molar-refractivity contribution in [2.24, 2.45) is 5.92 Å². The molecule has 1 saturated carbocycles. The van der Waals surface area contributed by atoms with Gasteiger partial charge < -0.3 is 4.42 Å². The molecular formula is C15H16N2O4. The third kappa shape index (κ3) is 2.61. The van der Waals surface area contributed by atoms with Crippen molar-refractivity contribution in [1.29, 1.82) is 0 Å². The van der Waals surface area contributed by atoms with Gasteiger partial charge in [0.05, 0.1) is 0 Å². The molecule has 0 saturated heterocycles. The van der Waals surface area contributed by atoms with E-state index in [1.807, 2.05) is 0 Å². The number of hydrogen-bond acceptors (Lipinski definition) is 4. The highest BCUT2D eigenvalue weighted by atomic mass is 16.4. The summed E-state index contributed by atoms with van der Waals surface area (Å²) in [5.41, 5.74) is -0.931. The second kappa shape index (κ2) is 5.20. The van der Waals surface area contributed by atoms with Crippen molar-refractivity contribution in [3.05, 3.63) is 55.5 Å². The Morgan fingerprint density at radius 1 is 1.38 bits per heavy atom. The number of nitrogens with zero attached hydrogens (tertiary/aromatic N) is 1. The fraction of sp³-hybridized carbons (Fsp3) is 0.400. The van der Waals surface area contributed by atoms with Gasteiger partial charge in [0.15, 0.2) is 0 Å². The van der Waals surface area contributed by atoms with Crippen LogP contribution in [0, 0.1) is 5.92 Å². The van der Waals surface area contributed by atoms with E-state index in [4.69, 9.17) is 4.42 Å². The van der Waals surface area contributed by atoms with Crippen molar-refractivity contribution in [3.8, 4) is 0 Å². The first-order valence-corrected chi connectivity index (χ1v) is 7.01. The largest absolute Gasteiger partial charge is 0.405 e. The molecule has 0 bridgehead atoms. The molecule has 0 spiro atoms. The van der Waals surface area contributed by atoms with Crippen molar-refractivity contribution in [1.82, 2.24) is 9.55 Å². The summed E-state index contributed by atoms with van der Waals surface area (Å²) in [5.74, 6) is 0.397. The van der Waals surface area contributed by atoms with E-state index >= 15 is 0 Å². The van der Waals surface area contributed by atoms with E-state index in [0.717, 1.165) is 12.8 Å². The zero-order chi connectivity index (χ0) is 15.0. The van der Waals surface area contributed by atoms with Gasteiger partial charge >= 0.3 is 11.3 Å². The first kappa shape index (κ1) is 13.6. The Kier molecular flexibility index (Phi) is 3.37. The number of allylic oxidation sites excluding steroid dienone is 1. The van der Waals surface area contributed by atoms with Gasteiger partial charge in [-0.3, -0.25) is 14.3 Å². The molecule has 21 heavy (non-hydrogen) atoms. The van der Waals surface area contributed by atoms with E-state index in [1.165, 1.54) is 10.6 Å². The molecule has 6 nitrogen and oxygen atoms in total. The lowest BCUT2D eigenvalue weighted by molar-refractivity contribution is 0.528. The van der Waals surface area contributed by atoms with Crippen molar-refractivity contribution in [3.63, 3.8) is 0 Å². The monoisotopic (exact) mass is 288 g/mol. The number of H-pyrrole nitrogens is 1. The summed E-state index contributed by atoms with van der Waals surface area (Å²) in [6.45, 7) is 4.06. The third-order valence-corrected chi connectivity index (χ3v) is 3.72. The van der Waals surface area contributed by atoms with Crippen LogP contribution in [0.25, 0.3) is 11.1 Å². The maximum Gasteiger partial charge on any atom is 0.337 e. The maximum absolute atomic E-state index is 12.6. The molecule has 1 N–H and O–H groups in total. The zero-order valence-electron chi connectivity index (χ0n) is 11.6. The van der Waals surface area contributed by atoms with Crippen LogP contribution in [0.1, 0.15) is 24.8 Å². The summed E-state index contributed by atoms with van der Waals surface area (Å²) >= 11 is 0. The number of nitrogens with one attached hydrogen (secondary N) is 1. The van der Waals surface area contributed by atoms with E-state index in [1.54, 1.807) is 6.08 Å². The quantitative estimate of drug-likeness (QED) is 0.837. The van der Waals surface area contributed by atoms with Crippen LogP contribution >= 0.6 is 0 Å². The summed E-state index contributed by atoms with van der Waals surface area (Å²) in [6, 6.07) is 1.31. The second-order valence-corrected chi connectivity index (χ2v) is 5.41. The molecule has 3 rings (SSSR count). The molecule has 2 heterocycles. The summed E-state index contributed by atoms with van der Waals surface area (Å²) in [6.07, 6.45) is 4.94. The zero-order valence-corrected chi connectivity index (χ0v) is 11.6. The minimum absolute atomic E-state index is 0.0383. The van der Waals surface area contributed by atoms with Crippen molar-refractivity contribution in [2.75, 3.05) is 0 Å². The molecule has 0 aliphatic heterocycles. The van der Waals surface area contributed by atoms with Crippen LogP contribution in [0.5, 0.6) is 0 Å². The van der Waals surface area contributed by atoms with Gasteiger partial charge in [0.2, 0.25) is 5.71 Å². The van der Waals surface area contributed by atoms with Gasteiger partial charge in [0, 0.05) is 12.6 Å². The normalized spacial score (nSPS) is 14.5. The van der Waals surface area contributed by atoms with Gasteiger partial charge in [-0.05, 0) is 37.2 Å². The fourth-order valence-electron chi connectivity index (χ4n) is 2.43. The average Bonchev–Trinajstić information content (AvgIpc) is 3.24. The number of aromatic nitrogens is 2. The minimum atomic E-state index is -0.573. The predicted molar refractivity (Wildman–Crippen MR) is 78.6 cm³/mol. The molecule has 0 amide bonds. The van der Waals surface area contributed by atoms with Crippen LogP contribution in [0.2, 0.25) is 0 Å². The van der Waals surface area contributed by atoms with E-state index in [9.17, 15) is 14.4 Å². The molecular weight excluding hydrogens is 272 g/mol. The molecule has 0 unspecified atom stereocenters. The highest BCUT2D eigenvalue weighted by molar-refractivity contribution is 5.75. The summed E-state index contributed by atoms with van der Waals surface area (Å²) < 4.78 is 6.18. The van der Waals surface area contributed by atoms with Gasteiger partial charge in [-0.25, -0.2) is 9.59 Å². The topological polar surface area (TPSA) is 85.1 Å². The van der Waals surface area contributed by atoms with Crippen LogP contribution in [0.3, 0.4) is 0 Å². The number of rotatable bonds is 5. The van der Waals surface area contributed by atoms with Crippen molar-refractivity contribution >= 4 is 11.1 Å². The fourth-order valence-corrected chi connectivity index (χ4v) is 2.43. The van der Waals surface area contributed by atoms with Crippen LogP contribution < -0.4 is 16.9 Å². The summed E-state index contributed by atoms with van der Waals surface area (Å²) in [7, 11) is 0. The smallest absolute Gasteiger partial charge is 0.337 e. The molecule has 2 aromatic heterocycles. The van der Waals surface area contributed by atoms with Crippen LogP contribution in [-0.4, -0.2) is 9.55 Å². The number of fused-ring (bicyclic) bond motifs is 1. The Bertz CT molecular complexity index is 868. The summed E-state index contributed by atoms with van der Waals surface area (Å²) in [4.78, 5) is 38.6. The Balaban J connectivity index is 2.25. The molecule has 0 atom stereocenters. The van der Waals surface area contributed by atoms with E-state index in [-0.39, 0.29) is 16.7 Å². The van der Waals surface area contributed by atoms with Gasteiger partial charge in [0.25, 0.3) is 5.56 Å². The Morgan fingerprint density at radius 2 is 2.14 bits per heavy atom. The van der Waals surface area contributed by atoms with Gasteiger partial charge in [-0.2, -0.15) is 0 Å². The Morgan fingerprint density at radius 3 is 2.81 bits per heavy atom. The average molecular weight is 288 g/mol. The molecule has 1 aliphatic carbocycles. The van der Waals surface area contributed by atoms with E-state index < -0.39 is 11.3 Å². The molecule has 0 radical (unpaired) electrons. The molecule has 6 heteroatoms. The van der Waals surface area contributed by atoms with Crippen LogP contribution in [0.15, 0.2) is 37.5 Å². The first-order valence-electron chi connectivity index (χ1n) is 7.01. The van der Waals surface area contributed by atoms with E-state index in [0.29, 0.717) is 30.9 Å². The van der Waals surface area contributed by atoms with Gasteiger partial charge in [-0.15, -0.1) is 6.58 Å². The maximum atomic E-state index is 12.6. The highest BCUT2D eigenvalue weighted by Gasteiger charge is 2.24. The highest BCUT2D eigenvalue weighted by Crippen LogP contribution is 2.29. The second-order valence-electron chi connectivity index (χ2n) is 5.41. The van der Waals surface area contributed by atoms with Gasteiger partial charge in [-0.1, -0.05) is 6.08 Å². The SMILES string of the molecule is C=CCCc1cc(=O)oc2[nH]c(=O)n(CC3CC3)c(=O)c12.